The molecule has 0 amide bonds. The van der Waals surface area contributed by atoms with Crippen molar-refractivity contribution < 1.29 is 5.11 Å². The lowest BCUT2D eigenvalue weighted by molar-refractivity contribution is -0.0359. The number of piperidine rings is 1. The number of rotatable bonds is 2. The molecule has 0 bridgehead atoms. The minimum atomic E-state index is -0.546. The molecule has 0 radical (unpaired) electrons. The number of fused-ring (bicyclic) bond motifs is 2. The molecule has 2 aliphatic rings. The lowest BCUT2D eigenvalue weighted by Gasteiger charge is -2.40. The molecule has 5 heteroatoms. The van der Waals surface area contributed by atoms with Gasteiger partial charge in [0.15, 0.2) is 4.96 Å². The molecule has 102 valence electrons. The second-order valence-corrected chi connectivity index (χ2v) is 6.89. The van der Waals surface area contributed by atoms with E-state index < -0.39 is 5.60 Å². The van der Waals surface area contributed by atoms with Crippen LogP contribution in [-0.4, -0.2) is 44.1 Å². The molecule has 19 heavy (non-hydrogen) atoms. The molecule has 2 aliphatic heterocycles. The predicted molar refractivity (Wildman–Crippen MR) is 75.6 cm³/mol. The number of imidazole rings is 1. The number of thiazole rings is 1. The van der Waals surface area contributed by atoms with Gasteiger partial charge < -0.3 is 10.0 Å². The summed E-state index contributed by atoms with van der Waals surface area (Å²) in [6.45, 7) is 2.27. The highest BCUT2D eigenvalue weighted by Gasteiger charge is 2.40. The molecule has 0 aromatic carbocycles. The first-order valence-corrected chi connectivity index (χ1v) is 7.97. The second-order valence-electron chi connectivity index (χ2n) is 6.01. The van der Waals surface area contributed by atoms with Gasteiger partial charge in [-0.2, -0.15) is 0 Å². The lowest BCUT2D eigenvalue weighted by Crippen LogP contribution is -2.48. The fourth-order valence-corrected chi connectivity index (χ4v) is 4.39. The van der Waals surface area contributed by atoms with Crippen LogP contribution in [0.15, 0.2) is 17.8 Å². The fraction of sp³-hybridized carbons (Fsp3) is 0.643. The third kappa shape index (κ3) is 2.10. The molecule has 0 aliphatic carbocycles. The van der Waals surface area contributed by atoms with E-state index in [0.29, 0.717) is 12.5 Å². The van der Waals surface area contributed by atoms with Gasteiger partial charge in [-0.1, -0.05) is 0 Å². The van der Waals surface area contributed by atoms with Gasteiger partial charge in [0.1, 0.15) is 0 Å². The first-order valence-electron chi connectivity index (χ1n) is 7.09. The predicted octanol–water partition coefficient (Wildman–Crippen LogP) is 1.93. The Bertz CT molecular complexity index is 564. The standard InChI is InChI=1S/C14H19N3OS/c18-14(3-5-16-4-1-2-12(16)9-14)8-11-10-17-6-7-19-13(17)15-11/h6-7,10,12,18H,1-5,8-9H2. The Balaban J connectivity index is 1.53. The monoisotopic (exact) mass is 277 g/mol. The van der Waals surface area contributed by atoms with Gasteiger partial charge in [-0.3, -0.25) is 4.40 Å². The summed E-state index contributed by atoms with van der Waals surface area (Å²) in [5.74, 6) is 0. The van der Waals surface area contributed by atoms with E-state index in [0.717, 1.165) is 30.0 Å². The molecular weight excluding hydrogens is 258 g/mol. The minimum absolute atomic E-state index is 0.546. The van der Waals surface area contributed by atoms with Crippen LogP contribution in [0, 0.1) is 0 Å². The molecule has 2 aromatic rings. The van der Waals surface area contributed by atoms with E-state index in [1.807, 2.05) is 16.0 Å². The molecule has 0 spiro atoms. The van der Waals surface area contributed by atoms with Gasteiger partial charge in [0.2, 0.25) is 0 Å². The summed E-state index contributed by atoms with van der Waals surface area (Å²) in [4.78, 5) is 8.17. The van der Waals surface area contributed by atoms with Crippen molar-refractivity contribution in [3.8, 4) is 0 Å². The van der Waals surface area contributed by atoms with Gasteiger partial charge in [-0.15, -0.1) is 11.3 Å². The highest BCUT2D eigenvalue weighted by atomic mass is 32.1. The molecule has 0 saturated carbocycles. The molecule has 4 rings (SSSR count). The van der Waals surface area contributed by atoms with Gasteiger partial charge in [0.05, 0.1) is 11.3 Å². The van der Waals surface area contributed by atoms with Gasteiger partial charge in [0.25, 0.3) is 0 Å². The lowest BCUT2D eigenvalue weighted by atomic mass is 9.83. The Morgan fingerprint density at radius 3 is 3.32 bits per heavy atom. The summed E-state index contributed by atoms with van der Waals surface area (Å²) in [6.07, 6.45) is 9.13. The molecule has 2 saturated heterocycles. The van der Waals surface area contributed by atoms with Gasteiger partial charge >= 0.3 is 0 Å². The SMILES string of the molecule is OC1(Cc2cn3ccsc3n2)CCN2CCCC2C1. The summed E-state index contributed by atoms with van der Waals surface area (Å²) < 4.78 is 2.05. The average Bonchev–Trinajstić information content (AvgIpc) is 3.02. The van der Waals surface area contributed by atoms with E-state index in [1.165, 1.54) is 19.4 Å². The molecule has 2 fully saturated rings. The summed E-state index contributed by atoms with van der Waals surface area (Å²) in [5.41, 5.74) is 0.482. The van der Waals surface area contributed by atoms with Crippen LogP contribution in [0.2, 0.25) is 0 Å². The summed E-state index contributed by atoms with van der Waals surface area (Å²) in [5, 5.41) is 12.9. The topological polar surface area (TPSA) is 40.8 Å². The van der Waals surface area contributed by atoms with E-state index >= 15 is 0 Å². The molecule has 4 heterocycles. The number of aromatic nitrogens is 2. The van der Waals surface area contributed by atoms with Crippen molar-refractivity contribution in [2.75, 3.05) is 13.1 Å². The third-order valence-corrected chi connectivity index (χ3v) is 5.40. The van der Waals surface area contributed by atoms with Gasteiger partial charge in [-0.25, -0.2) is 4.98 Å². The van der Waals surface area contributed by atoms with Crippen molar-refractivity contribution >= 4 is 16.3 Å². The van der Waals surface area contributed by atoms with Crippen LogP contribution in [-0.2, 0) is 6.42 Å². The zero-order valence-corrected chi connectivity index (χ0v) is 11.8. The summed E-state index contributed by atoms with van der Waals surface area (Å²) in [7, 11) is 0. The number of aliphatic hydroxyl groups is 1. The van der Waals surface area contributed by atoms with Crippen LogP contribution in [0.3, 0.4) is 0 Å². The average molecular weight is 277 g/mol. The van der Waals surface area contributed by atoms with Crippen molar-refractivity contribution in [2.45, 2.75) is 43.7 Å². The summed E-state index contributed by atoms with van der Waals surface area (Å²) >= 11 is 1.65. The van der Waals surface area contributed by atoms with Crippen LogP contribution >= 0.6 is 11.3 Å². The van der Waals surface area contributed by atoms with Gasteiger partial charge in [0, 0.05) is 36.8 Å². The Morgan fingerprint density at radius 1 is 1.47 bits per heavy atom. The van der Waals surface area contributed by atoms with Gasteiger partial charge in [-0.05, 0) is 32.2 Å². The molecule has 1 N–H and O–H groups in total. The van der Waals surface area contributed by atoms with Crippen LogP contribution < -0.4 is 0 Å². The highest BCUT2D eigenvalue weighted by molar-refractivity contribution is 7.15. The first-order chi connectivity index (χ1) is 9.22. The van der Waals surface area contributed by atoms with E-state index in [1.54, 1.807) is 11.3 Å². The second kappa shape index (κ2) is 4.30. The maximum Gasteiger partial charge on any atom is 0.193 e. The molecule has 2 atom stereocenters. The quantitative estimate of drug-likeness (QED) is 0.912. The zero-order chi connectivity index (χ0) is 12.9. The van der Waals surface area contributed by atoms with Crippen molar-refractivity contribution in [2.24, 2.45) is 0 Å². The molecule has 2 unspecified atom stereocenters. The van der Waals surface area contributed by atoms with Crippen LogP contribution in [0.4, 0.5) is 0 Å². The minimum Gasteiger partial charge on any atom is -0.389 e. The number of hydrogen-bond acceptors (Lipinski definition) is 4. The maximum atomic E-state index is 10.9. The normalized spacial score (nSPS) is 31.9. The van der Waals surface area contributed by atoms with E-state index in [9.17, 15) is 5.11 Å². The van der Waals surface area contributed by atoms with Crippen molar-refractivity contribution in [1.82, 2.24) is 14.3 Å². The third-order valence-electron chi connectivity index (χ3n) is 4.63. The highest BCUT2D eigenvalue weighted by Crippen LogP contribution is 2.35. The Kier molecular flexibility index (Phi) is 2.69. The maximum absolute atomic E-state index is 10.9. The molecule has 4 nitrogen and oxygen atoms in total. The largest absolute Gasteiger partial charge is 0.389 e. The molecular formula is C14H19N3OS. The number of hydrogen-bond donors (Lipinski definition) is 1. The van der Waals surface area contributed by atoms with Crippen LogP contribution in [0.1, 0.15) is 31.4 Å². The van der Waals surface area contributed by atoms with Crippen LogP contribution in [0.25, 0.3) is 4.96 Å². The first kappa shape index (κ1) is 11.9. The Morgan fingerprint density at radius 2 is 2.42 bits per heavy atom. The molecule has 2 aromatic heterocycles. The smallest absolute Gasteiger partial charge is 0.193 e. The Labute approximate surface area is 116 Å². The van der Waals surface area contributed by atoms with Crippen molar-refractivity contribution in [3.63, 3.8) is 0 Å². The van der Waals surface area contributed by atoms with E-state index in [2.05, 4.69) is 16.1 Å². The van der Waals surface area contributed by atoms with E-state index in [-0.39, 0.29) is 0 Å². The Hall–Kier alpha value is -0.910. The van der Waals surface area contributed by atoms with Crippen LogP contribution in [0.5, 0.6) is 0 Å². The fourth-order valence-electron chi connectivity index (χ4n) is 3.67. The summed E-state index contributed by atoms with van der Waals surface area (Å²) in [6, 6.07) is 0.600. The van der Waals surface area contributed by atoms with Crippen molar-refractivity contribution in [1.29, 1.82) is 0 Å². The van der Waals surface area contributed by atoms with Crippen molar-refractivity contribution in [3.05, 3.63) is 23.5 Å². The number of nitrogens with zero attached hydrogens (tertiary/aromatic N) is 3. The van der Waals surface area contributed by atoms with E-state index in [4.69, 9.17) is 0 Å². The zero-order valence-electron chi connectivity index (χ0n) is 11.0.